The van der Waals surface area contributed by atoms with Gasteiger partial charge in [0.25, 0.3) is 0 Å². The van der Waals surface area contributed by atoms with Crippen molar-refractivity contribution in [3.8, 4) is 0 Å². The van der Waals surface area contributed by atoms with Crippen LogP contribution in [0, 0.1) is 11.8 Å². The number of hydrogen-bond acceptors (Lipinski definition) is 5. The van der Waals surface area contributed by atoms with E-state index in [1.807, 2.05) is 0 Å². The fourth-order valence-corrected chi connectivity index (χ4v) is 3.35. The Morgan fingerprint density at radius 3 is 1.65 bits per heavy atom. The number of rotatable bonds is 12. The highest BCUT2D eigenvalue weighted by Gasteiger charge is 2.16. The van der Waals surface area contributed by atoms with E-state index in [2.05, 4.69) is 20.1 Å². The molecule has 20 heavy (non-hydrogen) atoms. The predicted octanol–water partition coefficient (Wildman–Crippen LogP) is 1.35. The molecule has 0 saturated heterocycles. The van der Waals surface area contributed by atoms with Crippen molar-refractivity contribution in [2.75, 3.05) is 37.8 Å². The summed E-state index contributed by atoms with van der Waals surface area (Å²) in [6.45, 7) is 0.295. The second-order valence-corrected chi connectivity index (χ2v) is 5.90. The van der Waals surface area contributed by atoms with Crippen LogP contribution in [-0.4, -0.2) is 52.2 Å². The van der Waals surface area contributed by atoms with Gasteiger partial charge in [-0.1, -0.05) is 10.2 Å². The van der Waals surface area contributed by atoms with Crippen molar-refractivity contribution in [1.29, 1.82) is 0 Å². The van der Waals surface area contributed by atoms with Crippen LogP contribution in [0.5, 0.6) is 0 Å². The van der Waals surface area contributed by atoms with Crippen LogP contribution in [-0.2, 0) is 10.8 Å². The van der Waals surface area contributed by atoms with E-state index in [-0.39, 0.29) is 38.1 Å². The largest absolute Gasteiger partial charge is 0.396 e. The Bertz CT molecular complexity index is 347. The van der Waals surface area contributed by atoms with Gasteiger partial charge in [-0.3, -0.25) is 4.21 Å². The summed E-state index contributed by atoms with van der Waals surface area (Å²) in [7, 11) is -1.18. The molecule has 0 spiro atoms. The monoisotopic (exact) mass is 304 g/mol. The highest BCUT2D eigenvalue weighted by molar-refractivity contribution is 7.85. The van der Waals surface area contributed by atoms with Gasteiger partial charge in [-0.2, -0.15) is 0 Å². The molecule has 114 valence electrons. The lowest BCUT2D eigenvalue weighted by Crippen LogP contribution is -2.23. The average Bonchev–Trinajstić information content (AvgIpc) is 2.45. The zero-order valence-electron chi connectivity index (χ0n) is 11.2. The van der Waals surface area contributed by atoms with Gasteiger partial charge in [0.2, 0.25) is 0 Å². The van der Waals surface area contributed by atoms with Gasteiger partial charge in [0.05, 0.1) is 0 Å². The van der Waals surface area contributed by atoms with E-state index in [4.69, 9.17) is 21.3 Å². The van der Waals surface area contributed by atoms with Gasteiger partial charge in [0.1, 0.15) is 0 Å². The van der Waals surface area contributed by atoms with Gasteiger partial charge >= 0.3 is 0 Å². The van der Waals surface area contributed by atoms with Crippen molar-refractivity contribution in [3.63, 3.8) is 0 Å². The van der Waals surface area contributed by atoms with Crippen LogP contribution in [0.4, 0.5) is 0 Å². The number of aliphatic hydroxyl groups is 2. The highest BCUT2D eigenvalue weighted by Crippen LogP contribution is 2.10. The molecule has 2 N–H and O–H groups in total. The molecule has 2 atom stereocenters. The lowest BCUT2D eigenvalue weighted by atomic mass is 10.1. The van der Waals surface area contributed by atoms with E-state index in [0.717, 1.165) is 0 Å². The molecule has 0 aromatic carbocycles. The van der Waals surface area contributed by atoms with Gasteiger partial charge in [-0.05, 0) is 35.7 Å². The van der Waals surface area contributed by atoms with Gasteiger partial charge in [-0.15, -0.1) is 0 Å². The molecule has 0 amide bonds. The minimum Gasteiger partial charge on any atom is -0.396 e. The molecule has 0 rings (SSSR count). The van der Waals surface area contributed by atoms with Crippen LogP contribution in [0.1, 0.15) is 12.8 Å². The molecule has 0 bridgehead atoms. The van der Waals surface area contributed by atoms with Crippen molar-refractivity contribution in [2.45, 2.75) is 12.8 Å². The van der Waals surface area contributed by atoms with E-state index >= 15 is 0 Å². The van der Waals surface area contributed by atoms with Crippen LogP contribution in [0.3, 0.4) is 0 Å². The Hall–Kier alpha value is -1.31. The highest BCUT2D eigenvalue weighted by atomic mass is 32.2. The molecule has 0 saturated carbocycles. The Balaban J connectivity index is 4.14. The van der Waals surface area contributed by atoms with E-state index in [9.17, 15) is 4.21 Å². The van der Waals surface area contributed by atoms with Crippen molar-refractivity contribution < 1.29 is 14.4 Å². The molecule has 0 aromatic rings. The maximum atomic E-state index is 11.9. The van der Waals surface area contributed by atoms with Crippen LogP contribution in [0.15, 0.2) is 10.2 Å². The van der Waals surface area contributed by atoms with Crippen LogP contribution < -0.4 is 0 Å². The Labute approximate surface area is 119 Å². The summed E-state index contributed by atoms with van der Waals surface area (Å²) < 4.78 is 11.9. The smallest absolute Gasteiger partial charge is 0.0468 e. The molecule has 9 nitrogen and oxygen atoms in total. The molecule has 0 aromatic heterocycles. The second kappa shape index (κ2) is 12.7. The third-order valence-corrected chi connectivity index (χ3v) is 4.45. The summed E-state index contributed by atoms with van der Waals surface area (Å²) >= 11 is 0. The van der Waals surface area contributed by atoms with Crippen molar-refractivity contribution in [2.24, 2.45) is 22.1 Å². The lowest BCUT2D eigenvalue weighted by molar-refractivity contribution is 0.230. The van der Waals surface area contributed by atoms with Gasteiger partial charge in [-0.25, -0.2) is 0 Å². The average molecular weight is 304 g/mol. The minimum absolute atomic E-state index is 0.116. The first-order valence-electron chi connectivity index (χ1n) is 6.26. The third kappa shape index (κ3) is 9.60. The summed E-state index contributed by atoms with van der Waals surface area (Å²) in [6, 6.07) is 0. The van der Waals surface area contributed by atoms with Gasteiger partial charge < -0.3 is 10.2 Å². The molecule has 0 aliphatic heterocycles. The molecule has 0 unspecified atom stereocenters. The standard InChI is InChI=1S/C10H20N6O3S/c11-15-13-3-1-9(5-17)7-20(19)8-10(6-18)2-4-14-16-12/h9-10,17-18H,1-8H2/t9-,10-/m1/s1. The van der Waals surface area contributed by atoms with Crippen LogP contribution >= 0.6 is 0 Å². The molecule has 0 fully saturated rings. The molecule has 0 aliphatic rings. The fourth-order valence-electron chi connectivity index (χ4n) is 1.62. The molecule has 10 heteroatoms. The number of aliphatic hydroxyl groups excluding tert-OH is 2. The van der Waals surface area contributed by atoms with Crippen LogP contribution in [0.25, 0.3) is 20.9 Å². The number of azide groups is 2. The topological polar surface area (TPSA) is 155 Å². The summed E-state index contributed by atoms with van der Waals surface area (Å²) in [6.07, 6.45) is 0.962. The normalized spacial score (nSPS) is 14.7. The number of nitrogens with zero attached hydrogens (tertiary/aromatic N) is 6. The van der Waals surface area contributed by atoms with E-state index in [1.165, 1.54) is 0 Å². The predicted molar refractivity (Wildman–Crippen MR) is 76.3 cm³/mol. The first-order chi connectivity index (χ1) is 9.67. The van der Waals surface area contributed by atoms with E-state index in [0.29, 0.717) is 24.3 Å². The lowest BCUT2D eigenvalue weighted by Gasteiger charge is -2.16. The van der Waals surface area contributed by atoms with Gasteiger partial charge in [0.15, 0.2) is 0 Å². The second-order valence-electron chi connectivity index (χ2n) is 4.36. The molecule has 0 radical (unpaired) electrons. The number of hydrogen-bond donors (Lipinski definition) is 2. The molecule has 0 aliphatic carbocycles. The summed E-state index contributed by atoms with van der Waals surface area (Å²) in [4.78, 5) is 5.24. The zero-order chi connectivity index (χ0) is 15.2. The Kier molecular flexibility index (Phi) is 11.9. The summed E-state index contributed by atoms with van der Waals surface area (Å²) in [5, 5.41) is 25.1. The summed E-state index contributed by atoms with van der Waals surface area (Å²) in [5.41, 5.74) is 16.3. The minimum atomic E-state index is -1.18. The Morgan fingerprint density at radius 1 is 0.950 bits per heavy atom. The van der Waals surface area contributed by atoms with Crippen LogP contribution in [0.2, 0.25) is 0 Å². The van der Waals surface area contributed by atoms with Crippen molar-refractivity contribution >= 4 is 10.8 Å². The molecular weight excluding hydrogens is 284 g/mol. The first kappa shape index (κ1) is 18.7. The zero-order valence-corrected chi connectivity index (χ0v) is 12.0. The SMILES string of the molecule is [N-]=[N+]=NCC[C@H](CO)CS(=O)C[C@@H](CO)CCN=[N+]=[N-]. The molecule has 0 heterocycles. The first-order valence-corrected chi connectivity index (χ1v) is 7.75. The quantitative estimate of drug-likeness (QED) is 0.317. The molecular formula is C10H20N6O3S. The Morgan fingerprint density at radius 2 is 1.35 bits per heavy atom. The van der Waals surface area contributed by atoms with Crippen molar-refractivity contribution in [3.05, 3.63) is 20.9 Å². The third-order valence-electron chi connectivity index (χ3n) is 2.76. The maximum Gasteiger partial charge on any atom is 0.0468 e. The van der Waals surface area contributed by atoms with E-state index in [1.54, 1.807) is 0 Å². The van der Waals surface area contributed by atoms with Crippen molar-refractivity contribution in [1.82, 2.24) is 0 Å². The summed E-state index contributed by atoms with van der Waals surface area (Å²) in [5.74, 6) is 0.237. The maximum absolute atomic E-state index is 11.9. The van der Waals surface area contributed by atoms with Gasteiger partial charge in [0, 0.05) is 58.4 Å². The fraction of sp³-hybridized carbons (Fsp3) is 1.00. The van der Waals surface area contributed by atoms with E-state index < -0.39 is 10.8 Å².